The van der Waals surface area contributed by atoms with E-state index in [1.165, 1.54) is 24.1 Å². The summed E-state index contributed by atoms with van der Waals surface area (Å²) in [5.74, 6) is -1.51. The minimum atomic E-state index is -0.538. The lowest BCUT2D eigenvalue weighted by atomic mass is 10.1. The number of rotatable bonds is 4. The number of esters is 1. The summed E-state index contributed by atoms with van der Waals surface area (Å²) >= 11 is 0. The van der Waals surface area contributed by atoms with Gasteiger partial charge in [0.05, 0.1) is 12.7 Å². The fraction of sp³-hybridized carbons (Fsp3) is 0.333. The van der Waals surface area contributed by atoms with Crippen molar-refractivity contribution in [2.45, 2.75) is 6.92 Å². The molecule has 0 unspecified atom stereocenters. The zero-order valence-electron chi connectivity index (χ0n) is 10.2. The first-order chi connectivity index (χ1) is 8.49. The molecule has 1 aromatic rings. The highest BCUT2D eigenvalue weighted by molar-refractivity contribution is 5.98. The van der Waals surface area contributed by atoms with Gasteiger partial charge in [0.25, 0.3) is 5.91 Å². The molecular weight excluding hydrogens is 238 g/mol. The molecule has 18 heavy (non-hydrogen) atoms. The molecule has 6 nitrogen and oxygen atoms in total. The van der Waals surface area contributed by atoms with Gasteiger partial charge in [0.1, 0.15) is 18.0 Å². The average molecular weight is 253 g/mol. The number of hydrogen-bond acceptors (Lipinski definition) is 5. The number of nitrogens with zero attached hydrogens (tertiary/aromatic N) is 1. The summed E-state index contributed by atoms with van der Waals surface area (Å²) in [5.41, 5.74) is 0.0264. The zero-order chi connectivity index (χ0) is 13.7. The molecule has 0 saturated carbocycles. The van der Waals surface area contributed by atoms with E-state index < -0.39 is 11.9 Å². The Morgan fingerprint density at radius 1 is 1.33 bits per heavy atom. The van der Waals surface area contributed by atoms with Gasteiger partial charge < -0.3 is 19.8 Å². The molecule has 0 aromatic heterocycles. The van der Waals surface area contributed by atoms with E-state index in [2.05, 4.69) is 4.74 Å². The molecule has 2 N–H and O–H groups in total. The van der Waals surface area contributed by atoms with Gasteiger partial charge in [-0.25, -0.2) is 0 Å². The molecule has 0 radical (unpaired) electrons. The Morgan fingerprint density at radius 3 is 2.50 bits per heavy atom. The average Bonchev–Trinajstić information content (AvgIpc) is 2.34. The SMILES string of the molecule is CCN(CC(=O)OC)C(=O)c1ccc(O)cc1O. The van der Waals surface area contributed by atoms with Crippen LogP contribution in [0.5, 0.6) is 11.5 Å². The fourth-order valence-corrected chi connectivity index (χ4v) is 1.42. The Balaban J connectivity index is 2.93. The molecule has 0 heterocycles. The standard InChI is InChI=1S/C12H15NO5/c1-3-13(7-11(16)18-2)12(17)9-5-4-8(14)6-10(9)15/h4-6,14-15H,3,7H2,1-2H3. The van der Waals surface area contributed by atoms with E-state index in [0.717, 1.165) is 6.07 Å². The number of methoxy groups -OCH3 is 1. The van der Waals surface area contributed by atoms with Gasteiger partial charge in [0.2, 0.25) is 0 Å². The topological polar surface area (TPSA) is 87.1 Å². The molecule has 0 aliphatic heterocycles. The molecule has 98 valence electrons. The molecule has 1 rings (SSSR count). The lowest BCUT2D eigenvalue weighted by Gasteiger charge is -2.19. The molecule has 0 atom stereocenters. The van der Waals surface area contributed by atoms with Gasteiger partial charge in [-0.1, -0.05) is 0 Å². The highest BCUT2D eigenvalue weighted by atomic mass is 16.5. The van der Waals surface area contributed by atoms with Gasteiger partial charge in [0, 0.05) is 12.6 Å². The quantitative estimate of drug-likeness (QED) is 0.772. The summed E-state index contributed by atoms with van der Waals surface area (Å²) in [6.07, 6.45) is 0. The summed E-state index contributed by atoms with van der Waals surface area (Å²) in [6.45, 7) is 1.82. The third kappa shape index (κ3) is 3.13. The number of ether oxygens (including phenoxy) is 1. The number of hydrogen-bond donors (Lipinski definition) is 2. The van der Waals surface area contributed by atoms with Crippen molar-refractivity contribution in [3.05, 3.63) is 23.8 Å². The number of phenols is 2. The van der Waals surface area contributed by atoms with Crippen LogP contribution in [0.2, 0.25) is 0 Å². The van der Waals surface area contributed by atoms with E-state index in [9.17, 15) is 14.7 Å². The molecule has 1 aromatic carbocycles. The molecule has 0 fully saturated rings. The van der Waals surface area contributed by atoms with Crippen LogP contribution in [-0.2, 0) is 9.53 Å². The second-order valence-corrected chi connectivity index (χ2v) is 3.60. The Hall–Kier alpha value is -2.24. The van der Waals surface area contributed by atoms with Crippen LogP contribution in [0.15, 0.2) is 18.2 Å². The number of aromatic hydroxyl groups is 2. The van der Waals surface area contributed by atoms with Crippen molar-refractivity contribution in [1.82, 2.24) is 4.90 Å². The Labute approximate surface area is 104 Å². The molecule has 0 bridgehead atoms. The summed E-state index contributed by atoms with van der Waals surface area (Å²) in [6, 6.07) is 3.66. The molecule has 6 heteroatoms. The second-order valence-electron chi connectivity index (χ2n) is 3.60. The van der Waals surface area contributed by atoms with E-state index in [0.29, 0.717) is 6.54 Å². The highest BCUT2D eigenvalue weighted by Crippen LogP contribution is 2.23. The highest BCUT2D eigenvalue weighted by Gasteiger charge is 2.20. The minimum Gasteiger partial charge on any atom is -0.508 e. The van der Waals surface area contributed by atoms with Gasteiger partial charge in [0.15, 0.2) is 0 Å². The van der Waals surface area contributed by atoms with Crippen LogP contribution < -0.4 is 0 Å². The smallest absolute Gasteiger partial charge is 0.325 e. The monoisotopic (exact) mass is 253 g/mol. The number of phenolic OH excluding ortho intramolecular Hbond substituents is 2. The maximum atomic E-state index is 12.0. The largest absolute Gasteiger partial charge is 0.508 e. The molecule has 0 spiro atoms. The van der Waals surface area contributed by atoms with Crippen LogP contribution >= 0.6 is 0 Å². The van der Waals surface area contributed by atoms with E-state index in [1.807, 2.05) is 0 Å². The first-order valence-corrected chi connectivity index (χ1v) is 5.37. The van der Waals surface area contributed by atoms with E-state index in [1.54, 1.807) is 6.92 Å². The molecular formula is C12H15NO5. The van der Waals surface area contributed by atoms with Crippen LogP contribution in [0, 0.1) is 0 Å². The maximum Gasteiger partial charge on any atom is 0.325 e. The number of carbonyl (C=O) groups is 2. The summed E-state index contributed by atoms with van der Waals surface area (Å²) in [7, 11) is 1.23. The first-order valence-electron chi connectivity index (χ1n) is 5.37. The van der Waals surface area contributed by atoms with Crippen LogP contribution in [-0.4, -0.2) is 47.2 Å². The van der Waals surface area contributed by atoms with Gasteiger partial charge >= 0.3 is 5.97 Å². The number of carbonyl (C=O) groups excluding carboxylic acids is 2. The second kappa shape index (κ2) is 5.90. The predicted molar refractivity (Wildman–Crippen MR) is 63.4 cm³/mol. The van der Waals surface area contributed by atoms with Gasteiger partial charge in [-0.15, -0.1) is 0 Å². The van der Waals surface area contributed by atoms with Gasteiger partial charge in [-0.05, 0) is 19.1 Å². The number of amides is 1. The summed E-state index contributed by atoms with van der Waals surface area (Å²) in [5, 5.41) is 18.7. The normalized spacial score (nSPS) is 9.89. The van der Waals surface area contributed by atoms with Crippen molar-refractivity contribution in [2.75, 3.05) is 20.2 Å². The molecule has 1 amide bonds. The van der Waals surface area contributed by atoms with Crippen molar-refractivity contribution in [2.24, 2.45) is 0 Å². The Morgan fingerprint density at radius 2 is 2.00 bits per heavy atom. The maximum absolute atomic E-state index is 12.0. The fourth-order valence-electron chi connectivity index (χ4n) is 1.42. The predicted octanol–water partition coefficient (Wildman–Crippen LogP) is 0.733. The van der Waals surface area contributed by atoms with Gasteiger partial charge in [-0.3, -0.25) is 9.59 Å². The zero-order valence-corrected chi connectivity index (χ0v) is 10.2. The van der Waals surface area contributed by atoms with E-state index >= 15 is 0 Å². The third-order valence-corrected chi connectivity index (χ3v) is 2.43. The lowest BCUT2D eigenvalue weighted by Crippen LogP contribution is -2.36. The van der Waals surface area contributed by atoms with Crippen LogP contribution in [0.25, 0.3) is 0 Å². The van der Waals surface area contributed by atoms with Crippen molar-refractivity contribution >= 4 is 11.9 Å². The Kier molecular flexibility index (Phi) is 4.53. The van der Waals surface area contributed by atoms with Crippen molar-refractivity contribution < 1.29 is 24.5 Å². The number of benzene rings is 1. The molecule has 0 aliphatic carbocycles. The van der Waals surface area contributed by atoms with Crippen molar-refractivity contribution in [3.63, 3.8) is 0 Å². The lowest BCUT2D eigenvalue weighted by molar-refractivity contribution is -0.141. The number of likely N-dealkylation sites (N-methyl/N-ethyl adjacent to an activating group) is 1. The molecule has 0 saturated heterocycles. The van der Waals surface area contributed by atoms with E-state index in [-0.39, 0.29) is 23.6 Å². The van der Waals surface area contributed by atoms with Gasteiger partial charge in [-0.2, -0.15) is 0 Å². The minimum absolute atomic E-state index is 0.0264. The first kappa shape index (κ1) is 13.8. The summed E-state index contributed by atoms with van der Waals surface area (Å²) in [4.78, 5) is 24.4. The molecule has 0 aliphatic rings. The van der Waals surface area contributed by atoms with Crippen LogP contribution in [0.3, 0.4) is 0 Å². The third-order valence-electron chi connectivity index (χ3n) is 2.43. The van der Waals surface area contributed by atoms with Crippen LogP contribution in [0.4, 0.5) is 0 Å². The van der Waals surface area contributed by atoms with E-state index in [4.69, 9.17) is 5.11 Å². The Bertz CT molecular complexity index is 458. The van der Waals surface area contributed by atoms with Crippen LogP contribution in [0.1, 0.15) is 17.3 Å². The van der Waals surface area contributed by atoms with Crippen molar-refractivity contribution in [1.29, 1.82) is 0 Å². The van der Waals surface area contributed by atoms with Crippen molar-refractivity contribution in [3.8, 4) is 11.5 Å². The summed E-state index contributed by atoms with van der Waals surface area (Å²) < 4.78 is 4.48.